The molecule has 0 saturated carbocycles. The summed E-state index contributed by atoms with van der Waals surface area (Å²) in [5.41, 5.74) is 6.61. The van der Waals surface area contributed by atoms with E-state index in [0.717, 1.165) is 0 Å². The minimum absolute atomic E-state index is 0.393. The number of rotatable bonds is 1. The zero-order chi connectivity index (χ0) is 13.2. The third-order valence-corrected chi connectivity index (χ3v) is 2.35. The standard InChI is InChI=1S/C12H19N3O2/c1-8-9(6-7-10(13)14-8)15(11(16)17-5)12(2,3)4/h6-7H,1-5H3,(H2,13,14). The van der Waals surface area contributed by atoms with Crippen LogP contribution in [0.25, 0.3) is 0 Å². The van der Waals surface area contributed by atoms with Gasteiger partial charge in [0.25, 0.3) is 0 Å². The van der Waals surface area contributed by atoms with E-state index in [1.807, 2.05) is 27.7 Å². The summed E-state index contributed by atoms with van der Waals surface area (Å²) < 4.78 is 4.81. The predicted octanol–water partition coefficient (Wildman–Crippen LogP) is 2.34. The minimum Gasteiger partial charge on any atom is -0.452 e. The van der Waals surface area contributed by atoms with Crippen LogP contribution in [0.1, 0.15) is 26.5 Å². The van der Waals surface area contributed by atoms with Crippen molar-refractivity contribution in [2.45, 2.75) is 33.2 Å². The van der Waals surface area contributed by atoms with Gasteiger partial charge in [-0.15, -0.1) is 0 Å². The number of aryl methyl sites for hydroxylation is 1. The molecule has 0 aromatic carbocycles. The van der Waals surface area contributed by atoms with Gasteiger partial charge in [0.05, 0.1) is 18.5 Å². The lowest BCUT2D eigenvalue weighted by molar-refractivity contribution is 0.172. The molecule has 0 fully saturated rings. The lowest BCUT2D eigenvalue weighted by Crippen LogP contribution is -2.46. The van der Waals surface area contributed by atoms with E-state index in [9.17, 15) is 4.79 Å². The molecule has 0 aliphatic carbocycles. The van der Waals surface area contributed by atoms with Crippen LogP contribution in [0.4, 0.5) is 16.3 Å². The second-order valence-electron chi connectivity index (χ2n) is 4.82. The number of hydrogen-bond acceptors (Lipinski definition) is 4. The molecule has 2 N–H and O–H groups in total. The molecule has 17 heavy (non-hydrogen) atoms. The third kappa shape index (κ3) is 2.87. The van der Waals surface area contributed by atoms with Crippen molar-refractivity contribution in [3.63, 3.8) is 0 Å². The first kappa shape index (κ1) is 13.3. The van der Waals surface area contributed by atoms with Gasteiger partial charge in [-0.3, -0.25) is 4.90 Å². The van der Waals surface area contributed by atoms with Gasteiger partial charge < -0.3 is 10.5 Å². The quantitative estimate of drug-likeness (QED) is 0.814. The summed E-state index contributed by atoms with van der Waals surface area (Å²) in [5.74, 6) is 0.435. The fraction of sp³-hybridized carbons (Fsp3) is 0.500. The largest absolute Gasteiger partial charge is 0.452 e. The second-order valence-corrected chi connectivity index (χ2v) is 4.82. The van der Waals surface area contributed by atoms with Crippen molar-refractivity contribution in [1.82, 2.24) is 4.98 Å². The van der Waals surface area contributed by atoms with E-state index >= 15 is 0 Å². The Morgan fingerprint density at radius 1 is 1.41 bits per heavy atom. The number of aromatic nitrogens is 1. The summed E-state index contributed by atoms with van der Waals surface area (Å²) in [7, 11) is 1.36. The molecule has 1 amide bonds. The number of amides is 1. The van der Waals surface area contributed by atoms with Crippen LogP contribution >= 0.6 is 0 Å². The summed E-state index contributed by atoms with van der Waals surface area (Å²) in [6.07, 6.45) is -0.410. The molecule has 1 heterocycles. The van der Waals surface area contributed by atoms with Crippen LogP contribution in [0, 0.1) is 6.92 Å². The Morgan fingerprint density at radius 3 is 2.41 bits per heavy atom. The summed E-state index contributed by atoms with van der Waals surface area (Å²) in [6, 6.07) is 3.45. The number of carbonyl (C=O) groups excluding carboxylic acids is 1. The fourth-order valence-electron chi connectivity index (χ4n) is 1.63. The molecule has 0 atom stereocenters. The van der Waals surface area contributed by atoms with Gasteiger partial charge in [0.1, 0.15) is 5.82 Å². The van der Waals surface area contributed by atoms with E-state index < -0.39 is 11.6 Å². The summed E-state index contributed by atoms with van der Waals surface area (Å²) in [6.45, 7) is 7.60. The van der Waals surface area contributed by atoms with Crippen LogP contribution in [-0.4, -0.2) is 23.7 Å². The lowest BCUT2D eigenvalue weighted by atomic mass is 10.1. The van der Waals surface area contributed by atoms with Crippen molar-refractivity contribution in [3.8, 4) is 0 Å². The second kappa shape index (κ2) is 4.61. The molecule has 5 heteroatoms. The van der Waals surface area contributed by atoms with Crippen molar-refractivity contribution in [3.05, 3.63) is 17.8 Å². The zero-order valence-electron chi connectivity index (χ0n) is 10.9. The van der Waals surface area contributed by atoms with E-state index in [0.29, 0.717) is 17.2 Å². The van der Waals surface area contributed by atoms with Crippen LogP contribution < -0.4 is 10.6 Å². The summed E-state index contributed by atoms with van der Waals surface area (Å²) >= 11 is 0. The Morgan fingerprint density at radius 2 is 2.00 bits per heavy atom. The van der Waals surface area contributed by atoms with Gasteiger partial charge in [-0.05, 0) is 39.8 Å². The van der Waals surface area contributed by atoms with Gasteiger partial charge in [0, 0.05) is 5.54 Å². The first-order valence-corrected chi connectivity index (χ1v) is 5.38. The van der Waals surface area contributed by atoms with Crippen molar-refractivity contribution in [1.29, 1.82) is 0 Å². The van der Waals surface area contributed by atoms with Crippen LogP contribution in [-0.2, 0) is 4.74 Å². The molecule has 94 valence electrons. The maximum Gasteiger partial charge on any atom is 0.414 e. The number of hydrogen-bond donors (Lipinski definition) is 1. The Labute approximate surface area is 102 Å². The number of pyridine rings is 1. The smallest absolute Gasteiger partial charge is 0.414 e. The van der Waals surface area contributed by atoms with Gasteiger partial charge >= 0.3 is 6.09 Å². The third-order valence-electron chi connectivity index (χ3n) is 2.35. The number of nitrogens with zero attached hydrogens (tertiary/aromatic N) is 2. The SMILES string of the molecule is COC(=O)N(c1ccc(N)nc1C)C(C)(C)C. The number of anilines is 2. The molecule has 1 rings (SSSR count). The molecule has 0 bridgehead atoms. The molecular formula is C12H19N3O2. The molecule has 0 unspecified atom stereocenters. The van der Waals surface area contributed by atoms with E-state index in [1.165, 1.54) is 7.11 Å². The van der Waals surface area contributed by atoms with E-state index in [4.69, 9.17) is 10.5 Å². The number of nitrogen functional groups attached to an aromatic ring is 1. The average Bonchev–Trinajstić information content (AvgIpc) is 2.19. The van der Waals surface area contributed by atoms with Crippen molar-refractivity contribution < 1.29 is 9.53 Å². The topological polar surface area (TPSA) is 68.5 Å². The highest BCUT2D eigenvalue weighted by Crippen LogP contribution is 2.27. The lowest BCUT2D eigenvalue weighted by Gasteiger charge is -2.34. The van der Waals surface area contributed by atoms with Crippen molar-refractivity contribution in [2.24, 2.45) is 0 Å². The van der Waals surface area contributed by atoms with Gasteiger partial charge in [0.2, 0.25) is 0 Å². The van der Waals surface area contributed by atoms with Crippen molar-refractivity contribution in [2.75, 3.05) is 17.7 Å². The molecule has 0 radical (unpaired) electrons. The molecule has 1 aromatic heterocycles. The first-order valence-electron chi connectivity index (χ1n) is 5.38. The molecule has 0 aliphatic heterocycles. The predicted molar refractivity (Wildman–Crippen MR) is 68.0 cm³/mol. The number of carbonyl (C=O) groups is 1. The summed E-state index contributed by atoms with van der Waals surface area (Å²) in [4.78, 5) is 17.6. The van der Waals surface area contributed by atoms with E-state index in [1.54, 1.807) is 17.0 Å². The molecule has 0 spiro atoms. The molecule has 1 aromatic rings. The van der Waals surface area contributed by atoms with Gasteiger partial charge in [-0.25, -0.2) is 9.78 Å². The molecular weight excluding hydrogens is 218 g/mol. The maximum atomic E-state index is 11.8. The van der Waals surface area contributed by atoms with E-state index in [-0.39, 0.29) is 0 Å². The van der Waals surface area contributed by atoms with Crippen LogP contribution in [0.3, 0.4) is 0 Å². The number of ether oxygens (including phenoxy) is 1. The normalized spacial score (nSPS) is 11.1. The average molecular weight is 237 g/mol. The van der Waals surface area contributed by atoms with Gasteiger partial charge in [0.15, 0.2) is 0 Å². The Bertz CT molecular complexity index is 424. The van der Waals surface area contributed by atoms with Gasteiger partial charge in [-0.2, -0.15) is 0 Å². The molecule has 5 nitrogen and oxygen atoms in total. The Balaban J connectivity index is 3.28. The minimum atomic E-state index is -0.410. The van der Waals surface area contributed by atoms with E-state index in [2.05, 4.69) is 4.98 Å². The first-order chi connectivity index (χ1) is 7.77. The highest BCUT2D eigenvalue weighted by molar-refractivity contribution is 5.89. The van der Waals surface area contributed by atoms with Crippen LogP contribution in [0.5, 0.6) is 0 Å². The molecule has 0 aliphatic rings. The van der Waals surface area contributed by atoms with Crippen molar-refractivity contribution >= 4 is 17.6 Å². The zero-order valence-corrected chi connectivity index (χ0v) is 10.9. The number of methoxy groups -OCH3 is 1. The highest BCUT2D eigenvalue weighted by atomic mass is 16.5. The fourth-order valence-corrected chi connectivity index (χ4v) is 1.63. The molecule has 0 saturated heterocycles. The highest BCUT2D eigenvalue weighted by Gasteiger charge is 2.30. The Hall–Kier alpha value is -1.78. The van der Waals surface area contributed by atoms with Gasteiger partial charge in [-0.1, -0.05) is 0 Å². The van der Waals surface area contributed by atoms with Crippen LogP contribution in [0.2, 0.25) is 0 Å². The van der Waals surface area contributed by atoms with Crippen LogP contribution in [0.15, 0.2) is 12.1 Å². The number of nitrogens with two attached hydrogens (primary N) is 1. The Kier molecular flexibility index (Phi) is 3.60. The monoisotopic (exact) mass is 237 g/mol. The maximum absolute atomic E-state index is 11.8. The summed E-state index contributed by atoms with van der Waals surface area (Å²) in [5, 5.41) is 0.